The minimum atomic E-state index is -0.548. The van der Waals surface area contributed by atoms with Gasteiger partial charge in [0.05, 0.1) is 12.0 Å². The SMILES string of the molecule is CC(C)(C)N(NC(=O)c1ccc(Cl)cc1)C(=O)Cc1ccccc1. The maximum absolute atomic E-state index is 12.7. The van der Waals surface area contributed by atoms with Gasteiger partial charge in [0.25, 0.3) is 5.91 Å². The van der Waals surface area contributed by atoms with Crippen molar-refractivity contribution >= 4 is 23.4 Å². The van der Waals surface area contributed by atoms with Crippen molar-refractivity contribution in [3.05, 3.63) is 70.7 Å². The van der Waals surface area contributed by atoms with E-state index in [2.05, 4.69) is 5.43 Å². The van der Waals surface area contributed by atoms with Gasteiger partial charge in [-0.2, -0.15) is 0 Å². The molecule has 0 heterocycles. The van der Waals surface area contributed by atoms with E-state index in [9.17, 15) is 9.59 Å². The standard InChI is InChI=1S/C19H21ClN2O2/c1-19(2,3)22(17(23)13-14-7-5-4-6-8-14)21-18(24)15-9-11-16(20)12-10-15/h4-12H,13H2,1-3H3,(H,21,24). The molecule has 0 atom stereocenters. The van der Waals surface area contributed by atoms with Gasteiger partial charge in [0.2, 0.25) is 5.91 Å². The molecule has 0 aliphatic carbocycles. The highest BCUT2D eigenvalue weighted by Gasteiger charge is 2.28. The van der Waals surface area contributed by atoms with Crippen molar-refractivity contribution in [1.82, 2.24) is 10.4 Å². The van der Waals surface area contributed by atoms with E-state index >= 15 is 0 Å². The Hall–Kier alpha value is -2.33. The maximum atomic E-state index is 12.7. The minimum Gasteiger partial charge on any atom is -0.273 e. The summed E-state index contributed by atoms with van der Waals surface area (Å²) in [5.74, 6) is -0.515. The molecule has 0 spiro atoms. The Balaban J connectivity index is 2.15. The first-order chi connectivity index (χ1) is 11.3. The van der Waals surface area contributed by atoms with Gasteiger partial charge in [0.15, 0.2) is 0 Å². The molecule has 0 aliphatic heterocycles. The number of hydrogen-bond acceptors (Lipinski definition) is 2. The highest BCUT2D eigenvalue weighted by atomic mass is 35.5. The molecule has 0 radical (unpaired) electrons. The van der Waals surface area contributed by atoms with Crippen LogP contribution < -0.4 is 5.43 Å². The number of carbonyl (C=O) groups excluding carboxylic acids is 2. The van der Waals surface area contributed by atoms with Crippen LogP contribution >= 0.6 is 11.6 Å². The Morgan fingerprint density at radius 3 is 2.12 bits per heavy atom. The molecule has 2 amide bonds. The summed E-state index contributed by atoms with van der Waals surface area (Å²) in [5.41, 5.74) is 3.51. The summed E-state index contributed by atoms with van der Waals surface area (Å²) >= 11 is 5.84. The van der Waals surface area contributed by atoms with Gasteiger partial charge in [-0.05, 0) is 50.6 Å². The monoisotopic (exact) mass is 344 g/mol. The van der Waals surface area contributed by atoms with Crippen molar-refractivity contribution in [2.75, 3.05) is 0 Å². The summed E-state index contributed by atoms with van der Waals surface area (Å²) in [4.78, 5) is 25.1. The lowest BCUT2D eigenvalue weighted by molar-refractivity contribution is -0.138. The number of nitrogens with one attached hydrogen (secondary N) is 1. The Morgan fingerprint density at radius 2 is 1.58 bits per heavy atom. The average Bonchev–Trinajstić information content (AvgIpc) is 2.52. The quantitative estimate of drug-likeness (QED) is 0.860. The fraction of sp³-hybridized carbons (Fsp3) is 0.263. The van der Waals surface area contributed by atoms with Gasteiger partial charge in [0, 0.05) is 10.6 Å². The number of hydrogen-bond donors (Lipinski definition) is 1. The maximum Gasteiger partial charge on any atom is 0.269 e. The summed E-state index contributed by atoms with van der Waals surface area (Å²) in [6.07, 6.45) is 0.221. The summed E-state index contributed by atoms with van der Waals surface area (Å²) in [6, 6.07) is 16.0. The molecular formula is C19H21ClN2O2. The third kappa shape index (κ3) is 4.83. The lowest BCUT2D eigenvalue weighted by atomic mass is 10.1. The lowest BCUT2D eigenvalue weighted by Crippen LogP contribution is -2.56. The van der Waals surface area contributed by atoms with Crippen molar-refractivity contribution in [3.8, 4) is 0 Å². The van der Waals surface area contributed by atoms with Crippen LogP contribution in [-0.2, 0) is 11.2 Å². The van der Waals surface area contributed by atoms with Gasteiger partial charge in [-0.3, -0.25) is 15.0 Å². The fourth-order valence-corrected chi connectivity index (χ4v) is 2.35. The van der Waals surface area contributed by atoms with Gasteiger partial charge >= 0.3 is 0 Å². The second-order valence-corrected chi connectivity index (χ2v) is 6.95. The summed E-state index contributed by atoms with van der Waals surface area (Å²) in [7, 11) is 0. The van der Waals surface area contributed by atoms with Crippen molar-refractivity contribution in [2.24, 2.45) is 0 Å². The Labute approximate surface area is 147 Å². The van der Waals surface area contributed by atoms with Crippen LogP contribution in [0.4, 0.5) is 0 Å². The molecule has 24 heavy (non-hydrogen) atoms. The molecule has 0 unspecified atom stereocenters. The topological polar surface area (TPSA) is 49.4 Å². The van der Waals surface area contributed by atoms with Crippen LogP contribution in [0.3, 0.4) is 0 Å². The van der Waals surface area contributed by atoms with Crippen LogP contribution in [0.5, 0.6) is 0 Å². The van der Waals surface area contributed by atoms with Crippen molar-refractivity contribution < 1.29 is 9.59 Å². The molecule has 0 saturated carbocycles. The van der Waals surface area contributed by atoms with Crippen LogP contribution in [0.25, 0.3) is 0 Å². The van der Waals surface area contributed by atoms with Gasteiger partial charge in [-0.25, -0.2) is 5.01 Å². The van der Waals surface area contributed by atoms with Crippen molar-refractivity contribution in [3.63, 3.8) is 0 Å². The molecule has 4 nitrogen and oxygen atoms in total. The number of amides is 2. The summed E-state index contributed by atoms with van der Waals surface area (Å²) < 4.78 is 0. The zero-order valence-corrected chi connectivity index (χ0v) is 14.8. The minimum absolute atomic E-state index is 0.170. The van der Waals surface area contributed by atoms with E-state index in [4.69, 9.17) is 11.6 Å². The first-order valence-corrected chi connectivity index (χ1v) is 8.09. The molecule has 2 aromatic rings. The second kappa shape index (κ2) is 7.49. The number of carbonyl (C=O) groups is 2. The predicted octanol–water partition coefficient (Wildman–Crippen LogP) is 3.85. The van der Waals surface area contributed by atoms with Crippen LogP contribution in [-0.4, -0.2) is 22.4 Å². The van der Waals surface area contributed by atoms with Crippen LogP contribution in [0.1, 0.15) is 36.7 Å². The normalized spacial score (nSPS) is 11.0. The van der Waals surface area contributed by atoms with Gasteiger partial charge in [-0.15, -0.1) is 0 Å². The van der Waals surface area contributed by atoms with Crippen molar-refractivity contribution in [2.45, 2.75) is 32.7 Å². The van der Waals surface area contributed by atoms with E-state index in [1.165, 1.54) is 5.01 Å². The zero-order chi connectivity index (χ0) is 17.7. The van der Waals surface area contributed by atoms with E-state index in [1.54, 1.807) is 24.3 Å². The molecule has 5 heteroatoms. The number of benzene rings is 2. The number of nitrogens with zero attached hydrogens (tertiary/aromatic N) is 1. The number of hydrazine groups is 1. The summed E-state index contributed by atoms with van der Waals surface area (Å²) in [6.45, 7) is 5.62. The molecule has 126 valence electrons. The Bertz CT molecular complexity index is 706. The molecule has 2 aromatic carbocycles. The third-order valence-electron chi connectivity index (χ3n) is 3.44. The van der Waals surface area contributed by atoms with E-state index in [0.717, 1.165) is 5.56 Å². The first-order valence-electron chi connectivity index (χ1n) is 7.71. The second-order valence-electron chi connectivity index (χ2n) is 6.51. The van der Waals surface area contributed by atoms with Gasteiger partial charge < -0.3 is 0 Å². The Morgan fingerprint density at radius 1 is 1.00 bits per heavy atom. The summed E-state index contributed by atoms with van der Waals surface area (Å²) in [5, 5.41) is 1.94. The lowest BCUT2D eigenvalue weighted by Gasteiger charge is -2.35. The number of rotatable bonds is 3. The molecule has 2 rings (SSSR count). The van der Waals surface area contributed by atoms with Gasteiger partial charge in [0.1, 0.15) is 0 Å². The first kappa shape index (κ1) is 18.0. The zero-order valence-electron chi connectivity index (χ0n) is 14.0. The van der Waals surface area contributed by atoms with E-state index < -0.39 is 5.54 Å². The molecule has 0 aliphatic rings. The molecule has 0 bridgehead atoms. The predicted molar refractivity (Wildman–Crippen MR) is 95.7 cm³/mol. The van der Waals surface area contributed by atoms with E-state index in [0.29, 0.717) is 10.6 Å². The van der Waals surface area contributed by atoms with Gasteiger partial charge in [-0.1, -0.05) is 41.9 Å². The molecule has 0 saturated heterocycles. The molecule has 0 fully saturated rings. The van der Waals surface area contributed by atoms with Crippen LogP contribution in [0, 0.1) is 0 Å². The Kier molecular flexibility index (Phi) is 5.62. The fourth-order valence-electron chi connectivity index (χ4n) is 2.22. The largest absolute Gasteiger partial charge is 0.273 e. The highest BCUT2D eigenvalue weighted by molar-refractivity contribution is 6.30. The molecule has 0 aromatic heterocycles. The van der Waals surface area contributed by atoms with Crippen LogP contribution in [0.2, 0.25) is 5.02 Å². The molecular weight excluding hydrogens is 324 g/mol. The van der Waals surface area contributed by atoms with E-state index in [1.807, 2.05) is 51.1 Å². The average molecular weight is 345 g/mol. The highest BCUT2D eigenvalue weighted by Crippen LogP contribution is 2.15. The van der Waals surface area contributed by atoms with E-state index in [-0.39, 0.29) is 18.2 Å². The number of halogens is 1. The third-order valence-corrected chi connectivity index (χ3v) is 3.69. The van der Waals surface area contributed by atoms with Crippen molar-refractivity contribution in [1.29, 1.82) is 0 Å². The molecule has 1 N–H and O–H groups in total. The smallest absolute Gasteiger partial charge is 0.269 e. The van der Waals surface area contributed by atoms with Crippen LogP contribution in [0.15, 0.2) is 54.6 Å².